The highest BCUT2D eigenvalue weighted by molar-refractivity contribution is 9.10. The van der Waals surface area contributed by atoms with Gasteiger partial charge in [-0.25, -0.2) is 0 Å². The summed E-state index contributed by atoms with van der Waals surface area (Å²) in [6.07, 6.45) is -0.0894. The van der Waals surface area contributed by atoms with Crippen LogP contribution in [-0.4, -0.2) is 55.1 Å². The van der Waals surface area contributed by atoms with E-state index >= 15 is 0 Å². The van der Waals surface area contributed by atoms with Crippen LogP contribution in [0.2, 0.25) is 5.02 Å². The van der Waals surface area contributed by atoms with Crippen LogP contribution in [0.15, 0.2) is 22.7 Å². The van der Waals surface area contributed by atoms with Crippen LogP contribution in [0.5, 0.6) is 5.75 Å². The molecule has 0 spiro atoms. The van der Waals surface area contributed by atoms with Gasteiger partial charge in [-0.3, -0.25) is 4.90 Å². The van der Waals surface area contributed by atoms with Gasteiger partial charge in [0, 0.05) is 24.2 Å². The SMILES string of the molecule is CC1COC(CO)CN1CCOc1ccc(Cl)cc1Br. The van der Waals surface area contributed by atoms with Gasteiger partial charge in [0.2, 0.25) is 0 Å². The molecule has 1 aromatic rings. The largest absolute Gasteiger partial charge is 0.491 e. The molecule has 0 radical (unpaired) electrons. The van der Waals surface area contributed by atoms with E-state index in [2.05, 4.69) is 27.8 Å². The van der Waals surface area contributed by atoms with Crippen molar-refractivity contribution in [2.45, 2.75) is 19.1 Å². The molecule has 0 amide bonds. The van der Waals surface area contributed by atoms with Gasteiger partial charge in [0.05, 0.1) is 23.8 Å². The number of rotatable bonds is 5. The first-order valence-corrected chi connectivity index (χ1v) is 7.81. The Hall–Kier alpha value is -0.330. The number of benzene rings is 1. The van der Waals surface area contributed by atoms with Crippen molar-refractivity contribution < 1.29 is 14.6 Å². The van der Waals surface area contributed by atoms with Gasteiger partial charge in [-0.2, -0.15) is 0 Å². The molecule has 6 heteroatoms. The van der Waals surface area contributed by atoms with Gasteiger partial charge in [0.25, 0.3) is 0 Å². The maximum atomic E-state index is 9.16. The topological polar surface area (TPSA) is 41.9 Å². The van der Waals surface area contributed by atoms with E-state index in [4.69, 9.17) is 26.2 Å². The molecule has 0 saturated carbocycles. The Labute approximate surface area is 132 Å². The van der Waals surface area contributed by atoms with Crippen LogP contribution >= 0.6 is 27.5 Å². The quantitative estimate of drug-likeness (QED) is 0.872. The summed E-state index contributed by atoms with van der Waals surface area (Å²) in [7, 11) is 0. The van der Waals surface area contributed by atoms with Gasteiger partial charge in [0.1, 0.15) is 12.4 Å². The van der Waals surface area contributed by atoms with Gasteiger partial charge in [-0.1, -0.05) is 11.6 Å². The number of hydrogen-bond donors (Lipinski definition) is 1. The molecular formula is C14H19BrClNO3. The molecule has 1 aliphatic rings. The fourth-order valence-corrected chi connectivity index (χ4v) is 2.96. The number of hydrogen-bond acceptors (Lipinski definition) is 4. The van der Waals surface area contributed by atoms with Crippen molar-refractivity contribution in [2.24, 2.45) is 0 Å². The Bertz CT molecular complexity index is 446. The molecule has 112 valence electrons. The monoisotopic (exact) mass is 363 g/mol. The molecule has 2 atom stereocenters. The second kappa shape index (κ2) is 7.61. The minimum absolute atomic E-state index is 0.0623. The first-order chi connectivity index (χ1) is 9.60. The Morgan fingerprint density at radius 3 is 3.05 bits per heavy atom. The molecule has 1 heterocycles. The molecule has 1 N–H and O–H groups in total. The Morgan fingerprint density at radius 1 is 1.55 bits per heavy atom. The Balaban J connectivity index is 1.82. The van der Waals surface area contributed by atoms with Gasteiger partial charge in [0.15, 0.2) is 0 Å². The lowest BCUT2D eigenvalue weighted by molar-refractivity contribution is -0.0798. The van der Waals surface area contributed by atoms with Crippen molar-refractivity contribution >= 4 is 27.5 Å². The van der Waals surface area contributed by atoms with E-state index in [1.54, 1.807) is 6.07 Å². The summed E-state index contributed by atoms with van der Waals surface area (Å²) in [6.45, 7) is 4.95. The molecule has 1 fully saturated rings. The van der Waals surface area contributed by atoms with Crippen molar-refractivity contribution in [1.82, 2.24) is 4.90 Å². The first-order valence-electron chi connectivity index (χ1n) is 6.64. The lowest BCUT2D eigenvalue weighted by Gasteiger charge is -2.37. The second-order valence-electron chi connectivity index (χ2n) is 4.91. The van der Waals surface area contributed by atoms with Crippen LogP contribution in [0.3, 0.4) is 0 Å². The van der Waals surface area contributed by atoms with E-state index in [0.29, 0.717) is 24.3 Å². The Morgan fingerprint density at radius 2 is 2.35 bits per heavy atom. The lowest BCUT2D eigenvalue weighted by atomic mass is 10.2. The summed E-state index contributed by atoms with van der Waals surface area (Å²) in [5.74, 6) is 0.786. The summed E-state index contributed by atoms with van der Waals surface area (Å²) in [5.41, 5.74) is 0. The molecule has 1 aromatic carbocycles. The van der Waals surface area contributed by atoms with Crippen LogP contribution in [0, 0.1) is 0 Å². The highest BCUT2D eigenvalue weighted by Gasteiger charge is 2.25. The van der Waals surface area contributed by atoms with Gasteiger partial charge < -0.3 is 14.6 Å². The molecule has 1 saturated heterocycles. The molecule has 4 nitrogen and oxygen atoms in total. The molecule has 0 bridgehead atoms. The molecular weight excluding hydrogens is 346 g/mol. The average molecular weight is 365 g/mol. The van der Waals surface area contributed by atoms with Gasteiger partial charge in [-0.15, -0.1) is 0 Å². The molecule has 1 aliphatic heterocycles. The normalized spacial score (nSPS) is 23.8. The Kier molecular flexibility index (Phi) is 6.11. The van der Waals surface area contributed by atoms with Crippen LogP contribution < -0.4 is 4.74 Å². The average Bonchev–Trinajstić information content (AvgIpc) is 2.43. The fourth-order valence-electron chi connectivity index (χ4n) is 2.16. The van der Waals surface area contributed by atoms with E-state index in [0.717, 1.165) is 23.3 Å². The third-order valence-electron chi connectivity index (χ3n) is 3.37. The number of nitrogens with zero attached hydrogens (tertiary/aromatic N) is 1. The van der Waals surface area contributed by atoms with Crippen molar-refractivity contribution in [1.29, 1.82) is 0 Å². The van der Waals surface area contributed by atoms with E-state index < -0.39 is 0 Å². The predicted octanol–water partition coefficient (Wildman–Crippen LogP) is 2.56. The lowest BCUT2D eigenvalue weighted by Crippen LogP contribution is -2.50. The number of halogens is 2. The first kappa shape index (κ1) is 16.0. The van der Waals surface area contributed by atoms with Gasteiger partial charge in [-0.05, 0) is 41.1 Å². The minimum atomic E-state index is -0.0894. The molecule has 2 rings (SSSR count). The molecule has 0 aliphatic carbocycles. The standard InChI is InChI=1S/C14H19BrClNO3/c1-10-9-20-12(8-18)7-17(10)4-5-19-14-3-2-11(16)6-13(14)15/h2-3,6,10,12,18H,4-5,7-9H2,1H3. The van der Waals surface area contributed by atoms with Crippen molar-refractivity contribution in [3.05, 3.63) is 27.7 Å². The van der Waals surface area contributed by atoms with Crippen LogP contribution in [0.4, 0.5) is 0 Å². The third kappa shape index (κ3) is 4.33. The van der Waals surface area contributed by atoms with Crippen LogP contribution in [-0.2, 0) is 4.74 Å². The summed E-state index contributed by atoms with van der Waals surface area (Å²) in [4.78, 5) is 2.27. The maximum Gasteiger partial charge on any atom is 0.133 e. The smallest absolute Gasteiger partial charge is 0.133 e. The van der Waals surface area contributed by atoms with Crippen LogP contribution in [0.1, 0.15) is 6.92 Å². The van der Waals surface area contributed by atoms with Crippen molar-refractivity contribution in [3.8, 4) is 5.75 Å². The summed E-state index contributed by atoms with van der Waals surface area (Å²) in [6, 6.07) is 5.82. The zero-order chi connectivity index (χ0) is 14.5. The number of morpholine rings is 1. The van der Waals surface area contributed by atoms with Crippen LogP contribution in [0.25, 0.3) is 0 Å². The molecule has 20 heavy (non-hydrogen) atoms. The van der Waals surface area contributed by atoms with Gasteiger partial charge >= 0.3 is 0 Å². The van der Waals surface area contributed by atoms with Crippen molar-refractivity contribution in [3.63, 3.8) is 0 Å². The van der Waals surface area contributed by atoms with E-state index in [1.807, 2.05) is 12.1 Å². The van der Waals surface area contributed by atoms with E-state index in [1.165, 1.54) is 0 Å². The van der Waals surface area contributed by atoms with E-state index in [9.17, 15) is 0 Å². The van der Waals surface area contributed by atoms with Crippen molar-refractivity contribution in [2.75, 3.05) is 32.9 Å². The minimum Gasteiger partial charge on any atom is -0.491 e. The summed E-state index contributed by atoms with van der Waals surface area (Å²) < 4.78 is 12.1. The molecule has 2 unspecified atom stereocenters. The third-order valence-corrected chi connectivity index (χ3v) is 4.22. The maximum absolute atomic E-state index is 9.16. The number of aliphatic hydroxyl groups is 1. The highest BCUT2D eigenvalue weighted by Crippen LogP contribution is 2.28. The zero-order valence-corrected chi connectivity index (χ0v) is 13.7. The highest BCUT2D eigenvalue weighted by atomic mass is 79.9. The summed E-state index contributed by atoms with van der Waals surface area (Å²) >= 11 is 9.32. The fraction of sp³-hybridized carbons (Fsp3) is 0.571. The predicted molar refractivity (Wildman–Crippen MR) is 82.5 cm³/mol. The zero-order valence-electron chi connectivity index (χ0n) is 11.4. The molecule has 0 aromatic heterocycles. The number of aliphatic hydroxyl groups excluding tert-OH is 1. The van der Waals surface area contributed by atoms with E-state index in [-0.39, 0.29) is 12.7 Å². The second-order valence-corrected chi connectivity index (χ2v) is 6.20. The summed E-state index contributed by atoms with van der Waals surface area (Å²) in [5, 5.41) is 9.84. The number of ether oxygens (including phenoxy) is 2.